The number of benzene rings is 2. The van der Waals surface area contributed by atoms with Crippen molar-refractivity contribution < 1.29 is 13.6 Å². The third kappa shape index (κ3) is 2.72. The summed E-state index contributed by atoms with van der Waals surface area (Å²) in [5, 5.41) is 3.07. The SMILES string of the molecule is O=C(Nc1ccccc1)c1c(-c2ccco2)oc2ccccc2c1=O. The van der Waals surface area contributed by atoms with E-state index in [1.807, 2.05) is 6.07 Å². The van der Waals surface area contributed by atoms with Gasteiger partial charge in [-0.2, -0.15) is 0 Å². The van der Waals surface area contributed by atoms with E-state index < -0.39 is 11.3 Å². The summed E-state index contributed by atoms with van der Waals surface area (Å²) in [6, 6.07) is 19.0. The van der Waals surface area contributed by atoms with Gasteiger partial charge in [0.2, 0.25) is 5.43 Å². The molecule has 0 saturated heterocycles. The Labute approximate surface area is 142 Å². The van der Waals surface area contributed by atoms with Crippen LogP contribution in [-0.4, -0.2) is 5.91 Å². The standard InChI is InChI=1S/C20H13NO4/c22-18-14-9-4-5-10-15(14)25-19(16-11-6-12-24-16)17(18)20(23)21-13-7-2-1-3-8-13/h1-12H,(H,21,23). The highest BCUT2D eigenvalue weighted by atomic mass is 16.4. The van der Waals surface area contributed by atoms with E-state index in [9.17, 15) is 9.59 Å². The molecule has 122 valence electrons. The first-order valence-electron chi connectivity index (χ1n) is 7.70. The minimum atomic E-state index is -0.544. The molecule has 0 radical (unpaired) electrons. The van der Waals surface area contributed by atoms with Crippen LogP contribution in [0.3, 0.4) is 0 Å². The van der Waals surface area contributed by atoms with Gasteiger partial charge in [-0.25, -0.2) is 0 Å². The van der Waals surface area contributed by atoms with E-state index in [1.54, 1.807) is 60.7 Å². The lowest BCUT2D eigenvalue weighted by atomic mass is 10.1. The van der Waals surface area contributed by atoms with Crippen molar-refractivity contribution in [2.45, 2.75) is 0 Å². The van der Waals surface area contributed by atoms with Gasteiger partial charge in [-0.05, 0) is 36.4 Å². The third-order valence-corrected chi connectivity index (χ3v) is 3.80. The van der Waals surface area contributed by atoms with E-state index in [4.69, 9.17) is 8.83 Å². The molecular weight excluding hydrogens is 318 g/mol. The summed E-state index contributed by atoms with van der Waals surface area (Å²) >= 11 is 0. The second-order valence-corrected chi connectivity index (χ2v) is 5.43. The quantitative estimate of drug-likeness (QED) is 0.607. The van der Waals surface area contributed by atoms with E-state index in [-0.39, 0.29) is 11.3 Å². The zero-order valence-corrected chi connectivity index (χ0v) is 13.1. The summed E-state index contributed by atoms with van der Waals surface area (Å²) in [4.78, 5) is 25.7. The van der Waals surface area contributed by atoms with Gasteiger partial charge < -0.3 is 14.2 Å². The van der Waals surface area contributed by atoms with Crippen molar-refractivity contribution in [1.29, 1.82) is 0 Å². The Hall–Kier alpha value is -3.60. The first-order valence-corrected chi connectivity index (χ1v) is 7.70. The maximum absolute atomic E-state index is 12.9. The summed E-state index contributed by atoms with van der Waals surface area (Å²) < 4.78 is 11.2. The highest BCUT2D eigenvalue weighted by Crippen LogP contribution is 2.27. The van der Waals surface area contributed by atoms with Gasteiger partial charge in [0.1, 0.15) is 11.1 Å². The van der Waals surface area contributed by atoms with Crippen LogP contribution in [0.15, 0.2) is 86.6 Å². The number of hydrogen-bond acceptors (Lipinski definition) is 4. The first-order chi connectivity index (χ1) is 12.2. The average Bonchev–Trinajstić information content (AvgIpc) is 3.17. The van der Waals surface area contributed by atoms with Gasteiger partial charge in [0.15, 0.2) is 11.5 Å². The maximum atomic E-state index is 12.9. The first kappa shape index (κ1) is 15.0. The Morgan fingerprint density at radius 1 is 0.880 bits per heavy atom. The van der Waals surface area contributed by atoms with Crippen molar-refractivity contribution in [3.63, 3.8) is 0 Å². The van der Waals surface area contributed by atoms with Crippen LogP contribution in [0.4, 0.5) is 5.69 Å². The summed E-state index contributed by atoms with van der Waals surface area (Å²) in [5.74, 6) is -0.111. The molecule has 25 heavy (non-hydrogen) atoms. The molecule has 1 amide bonds. The van der Waals surface area contributed by atoms with Crippen molar-refractivity contribution in [3.8, 4) is 11.5 Å². The fourth-order valence-electron chi connectivity index (χ4n) is 2.64. The van der Waals surface area contributed by atoms with Gasteiger partial charge in [-0.3, -0.25) is 9.59 Å². The molecule has 0 aliphatic rings. The highest BCUT2D eigenvalue weighted by Gasteiger charge is 2.23. The normalized spacial score (nSPS) is 10.7. The third-order valence-electron chi connectivity index (χ3n) is 3.80. The second-order valence-electron chi connectivity index (χ2n) is 5.43. The predicted molar refractivity (Wildman–Crippen MR) is 94.6 cm³/mol. The van der Waals surface area contributed by atoms with Crippen LogP contribution >= 0.6 is 0 Å². The monoisotopic (exact) mass is 331 g/mol. The fourth-order valence-corrected chi connectivity index (χ4v) is 2.64. The van der Waals surface area contributed by atoms with Gasteiger partial charge in [0, 0.05) is 5.69 Å². The lowest BCUT2D eigenvalue weighted by Crippen LogP contribution is -2.22. The Balaban J connectivity index is 1.92. The highest BCUT2D eigenvalue weighted by molar-refractivity contribution is 6.09. The van der Waals surface area contributed by atoms with Crippen LogP contribution in [-0.2, 0) is 0 Å². The maximum Gasteiger partial charge on any atom is 0.263 e. The van der Waals surface area contributed by atoms with Crippen LogP contribution < -0.4 is 10.7 Å². The number of amides is 1. The van der Waals surface area contributed by atoms with E-state index in [2.05, 4.69) is 5.32 Å². The van der Waals surface area contributed by atoms with Crippen LogP contribution in [0.2, 0.25) is 0 Å². The smallest absolute Gasteiger partial charge is 0.263 e. The number of furan rings is 1. The van der Waals surface area contributed by atoms with Crippen molar-refractivity contribution in [2.24, 2.45) is 0 Å². The molecule has 0 atom stereocenters. The number of anilines is 1. The molecule has 0 aliphatic carbocycles. The lowest BCUT2D eigenvalue weighted by molar-refractivity contribution is 0.102. The zero-order chi connectivity index (χ0) is 17.2. The summed E-state index contributed by atoms with van der Waals surface area (Å²) in [6.45, 7) is 0. The Kier molecular flexibility index (Phi) is 3.67. The van der Waals surface area contributed by atoms with Crippen molar-refractivity contribution in [3.05, 3.63) is 88.8 Å². The van der Waals surface area contributed by atoms with Gasteiger partial charge in [-0.15, -0.1) is 0 Å². The Bertz CT molecular complexity index is 1100. The molecule has 0 bridgehead atoms. The molecule has 1 N–H and O–H groups in total. The van der Waals surface area contributed by atoms with Crippen molar-refractivity contribution in [2.75, 3.05) is 5.32 Å². The van der Waals surface area contributed by atoms with E-state index in [0.29, 0.717) is 22.4 Å². The van der Waals surface area contributed by atoms with E-state index in [0.717, 1.165) is 0 Å². The number of carbonyl (C=O) groups is 1. The van der Waals surface area contributed by atoms with E-state index >= 15 is 0 Å². The minimum absolute atomic E-state index is 0.0856. The molecule has 4 rings (SSSR count). The van der Waals surface area contributed by atoms with Gasteiger partial charge in [0.25, 0.3) is 5.91 Å². The number of rotatable bonds is 3. The predicted octanol–water partition coefficient (Wildman–Crippen LogP) is 4.31. The Morgan fingerprint density at radius 2 is 1.64 bits per heavy atom. The van der Waals surface area contributed by atoms with Crippen molar-refractivity contribution in [1.82, 2.24) is 0 Å². The number of nitrogens with one attached hydrogen (secondary N) is 1. The molecule has 0 fully saturated rings. The fraction of sp³-hybridized carbons (Fsp3) is 0. The second kappa shape index (κ2) is 6.13. The molecule has 2 aromatic heterocycles. The topological polar surface area (TPSA) is 72.5 Å². The van der Waals surface area contributed by atoms with Gasteiger partial charge >= 0.3 is 0 Å². The molecular formula is C20H13NO4. The summed E-state index contributed by atoms with van der Waals surface area (Å²) in [7, 11) is 0. The average molecular weight is 331 g/mol. The summed E-state index contributed by atoms with van der Waals surface area (Å²) in [5.41, 5.74) is 0.500. The number of carbonyl (C=O) groups excluding carboxylic acids is 1. The molecule has 0 unspecified atom stereocenters. The molecule has 0 aliphatic heterocycles. The number of hydrogen-bond donors (Lipinski definition) is 1. The molecule has 0 saturated carbocycles. The van der Waals surface area contributed by atoms with Crippen LogP contribution in [0.1, 0.15) is 10.4 Å². The molecule has 0 spiro atoms. The number of para-hydroxylation sites is 2. The molecule has 2 heterocycles. The van der Waals surface area contributed by atoms with Crippen molar-refractivity contribution >= 4 is 22.6 Å². The Morgan fingerprint density at radius 3 is 2.40 bits per heavy atom. The summed E-state index contributed by atoms with van der Waals surface area (Å²) in [6.07, 6.45) is 1.46. The zero-order valence-electron chi connectivity index (χ0n) is 13.1. The minimum Gasteiger partial charge on any atom is -0.461 e. The van der Waals surface area contributed by atoms with Gasteiger partial charge in [-0.1, -0.05) is 30.3 Å². The largest absolute Gasteiger partial charge is 0.461 e. The van der Waals surface area contributed by atoms with Crippen LogP contribution in [0.25, 0.3) is 22.5 Å². The number of fused-ring (bicyclic) bond motifs is 1. The van der Waals surface area contributed by atoms with Crippen LogP contribution in [0.5, 0.6) is 0 Å². The molecule has 2 aromatic carbocycles. The van der Waals surface area contributed by atoms with Gasteiger partial charge in [0.05, 0.1) is 11.6 Å². The van der Waals surface area contributed by atoms with E-state index in [1.165, 1.54) is 6.26 Å². The molecule has 4 aromatic rings. The molecule has 5 heteroatoms. The molecule has 5 nitrogen and oxygen atoms in total. The lowest BCUT2D eigenvalue weighted by Gasteiger charge is -2.09. The van der Waals surface area contributed by atoms with Crippen LogP contribution in [0, 0.1) is 0 Å².